The summed E-state index contributed by atoms with van der Waals surface area (Å²) in [4.78, 5) is 19.0. The number of ether oxygens (including phenoxy) is 2. The monoisotopic (exact) mass is 490 g/mol. The van der Waals surface area contributed by atoms with Gasteiger partial charge in [-0.3, -0.25) is 20.1 Å². The van der Waals surface area contributed by atoms with Gasteiger partial charge in [-0.15, -0.1) is 0 Å². The summed E-state index contributed by atoms with van der Waals surface area (Å²) < 4.78 is 11.7. The van der Waals surface area contributed by atoms with Crippen molar-refractivity contribution in [1.29, 1.82) is 5.41 Å². The Morgan fingerprint density at radius 1 is 1.24 bits per heavy atom. The van der Waals surface area contributed by atoms with Crippen LogP contribution in [0.1, 0.15) is 70.1 Å². The van der Waals surface area contributed by atoms with Crippen LogP contribution in [-0.4, -0.2) is 59.5 Å². The molecule has 8 heteroatoms. The lowest BCUT2D eigenvalue weighted by atomic mass is 9.96. The Bertz CT molecular complexity index is 848. The van der Waals surface area contributed by atoms with Crippen molar-refractivity contribution in [3.05, 3.63) is 28.8 Å². The maximum absolute atomic E-state index is 12.3. The summed E-state index contributed by atoms with van der Waals surface area (Å²) >= 11 is 1.20. The number of unbranched alkanes of at least 4 members (excludes halogenated alkanes) is 1. The first-order chi connectivity index (χ1) is 16.0. The molecule has 0 atom stereocenters. The summed E-state index contributed by atoms with van der Waals surface area (Å²) in [6.07, 6.45) is 3.72. The average molecular weight is 491 g/mol. The standard InChI is InChI=1S/C26H42N4O3S/c1-7-8-11-29-25(28)34-23(27)21-16-18(2)22(19(3)17-21)32-15-14-30-12-9-20(10-13-30)24(31)33-26(4,5)6/h16-17,20,27H,7-15H2,1-6H3,(H2,28,29). The summed E-state index contributed by atoms with van der Waals surface area (Å²) in [5.41, 5.74) is 8.37. The number of nitrogens with two attached hydrogens (primary N) is 1. The van der Waals surface area contributed by atoms with Crippen molar-refractivity contribution in [2.45, 2.75) is 72.8 Å². The van der Waals surface area contributed by atoms with Crippen molar-refractivity contribution in [1.82, 2.24) is 4.90 Å². The van der Waals surface area contributed by atoms with E-state index in [1.807, 2.05) is 46.8 Å². The van der Waals surface area contributed by atoms with E-state index in [1.54, 1.807) is 0 Å². The molecular formula is C26H42N4O3S. The van der Waals surface area contributed by atoms with Crippen LogP contribution in [-0.2, 0) is 9.53 Å². The highest BCUT2D eigenvalue weighted by Crippen LogP contribution is 2.27. The second kappa shape index (κ2) is 13.1. The zero-order valence-corrected chi connectivity index (χ0v) is 22.5. The van der Waals surface area contributed by atoms with Crippen LogP contribution in [0.25, 0.3) is 0 Å². The predicted molar refractivity (Wildman–Crippen MR) is 142 cm³/mol. The van der Waals surface area contributed by atoms with Crippen LogP contribution in [0.4, 0.5) is 0 Å². The van der Waals surface area contributed by atoms with Crippen LogP contribution >= 0.6 is 11.8 Å². The maximum atomic E-state index is 12.3. The number of amidine groups is 1. The van der Waals surface area contributed by atoms with E-state index in [0.717, 1.165) is 67.8 Å². The fourth-order valence-corrected chi connectivity index (χ4v) is 4.51. The normalized spacial score (nSPS) is 15.9. The summed E-state index contributed by atoms with van der Waals surface area (Å²) in [5.74, 6) is 0.787. The van der Waals surface area contributed by atoms with Gasteiger partial charge in [-0.25, -0.2) is 0 Å². The topological polar surface area (TPSA) is 101 Å². The van der Waals surface area contributed by atoms with E-state index in [2.05, 4.69) is 16.8 Å². The van der Waals surface area contributed by atoms with Gasteiger partial charge in [0.1, 0.15) is 23.0 Å². The molecule has 34 heavy (non-hydrogen) atoms. The lowest BCUT2D eigenvalue weighted by molar-refractivity contribution is -0.161. The molecule has 1 fully saturated rings. The molecule has 1 saturated heterocycles. The van der Waals surface area contributed by atoms with Crippen molar-refractivity contribution in [3.63, 3.8) is 0 Å². The van der Waals surface area contributed by atoms with Gasteiger partial charge in [-0.05, 0) is 102 Å². The Kier molecular flexibility index (Phi) is 10.9. The molecule has 0 unspecified atom stereocenters. The number of hydrogen-bond donors (Lipinski definition) is 2. The smallest absolute Gasteiger partial charge is 0.309 e. The van der Waals surface area contributed by atoms with Crippen molar-refractivity contribution >= 4 is 27.9 Å². The third-order valence-corrected chi connectivity index (χ3v) is 6.47. The molecule has 0 bridgehead atoms. The Morgan fingerprint density at radius 2 is 1.85 bits per heavy atom. The minimum Gasteiger partial charge on any atom is -0.492 e. The van der Waals surface area contributed by atoms with E-state index in [-0.39, 0.29) is 11.9 Å². The second-order valence-corrected chi connectivity index (χ2v) is 11.0. The molecule has 0 aliphatic carbocycles. The third kappa shape index (κ3) is 9.29. The molecule has 190 valence electrons. The second-order valence-electron chi connectivity index (χ2n) is 9.94. The van der Waals surface area contributed by atoms with Gasteiger partial charge in [0.25, 0.3) is 0 Å². The number of rotatable bonds is 9. The van der Waals surface area contributed by atoms with Gasteiger partial charge in [0.05, 0.1) is 5.92 Å². The molecule has 3 N–H and O–H groups in total. The molecule has 0 amide bonds. The molecule has 1 aromatic rings. The lowest BCUT2D eigenvalue weighted by Gasteiger charge is -2.32. The van der Waals surface area contributed by atoms with Gasteiger partial charge in [-0.2, -0.15) is 0 Å². The average Bonchev–Trinajstić information content (AvgIpc) is 2.74. The minimum absolute atomic E-state index is 0.00709. The Morgan fingerprint density at radius 3 is 2.41 bits per heavy atom. The first-order valence-corrected chi connectivity index (χ1v) is 13.1. The van der Waals surface area contributed by atoms with E-state index >= 15 is 0 Å². The number of benzene rings is 1. The number of nitrogens with zero attached hydrogens (tertiary/aromatic N) is 2. The number of nitrogens with one attached hydrogen (secondary N) is 1. The number of esters is 1. The van der Waals surface area contributed by atoms with Crippen molar-refractivity contribution in [3.8, 4) is 5.75 Å². The van der Waals surface area contributed by atoms with Crippen molar-refractivity contribution < 1.29 is 14.3 Å². The van der Waals surface area contributed by atoms with Crippen LogP contribution in [0, 0.1) is 25.2 Å². The van der Waals surface area contributed by atoms with Gasteiger partial charge >= 0.3 is 5.97 Å². The van der Waals surface area contributed by atoms with Gasteiger partial charge in [0.15, 0.2) is 5.17 Å². The first-order valence-electron chi connectivity index (χ1n) is 12.3. The summed E-state index contributed by atoms with van der Waals surface area (Å²) in [6.45, 7) is 15.7. The van der Waals surface area contributed by atoms with Gasteiger partial charge < -0.3 is 15.2 Å². The van der Waals surface area contributed by atoms with Crippen molar-refractivity contribution in [2.24, 2.45) is 16.6 Å². The SMILES string of the molecule is CCCCN=C(N)SC(=N)c1cc(C)c(OCCN2CCC(C(=O)OC(C)(C)C)CC2)c(C)c1. The van der Waals surface area contributed by atoms with Crippen LogP contribution in [0.2, 0.25) is 0 Å². The number of carbonyl (C=O) groups is 1. The van der Waals surface area contributed by atoms with Crippen LogP contribution in [0.5, 0.6) is 5.75 Å². The van der Waals surface area contributed by atoms with E-state index < -0.39 is 5.60 Å². The number of likely N-dealkylation sites (tertiary alicyclic amines) is 1. The molecule has 2 rings (SSSR count). The van der Waals surface area contributed by atoms with Gasteiger partial charge in [-0.1, -0.05) is 13.3 Å². The number of aryl methyl sites for hydroxylation is 2. The van der Waals surface area contributed by atoms with Crippen molar-refractivity contribution in [2.75, 3.05) is 32.8 Å². The molecule has 1 aromatic carbocycles. The Hall–Kier alpha value is -2.06. The molecule has 0 aromatic heterocycles. The summed E-state index contributed by atoms with van der Waals surface area (Å²) in [7, 11) is 0. The highest BCUT2D eigenvalue weighted by molar-refractivity contribution is 8.26. The quantitative estimate of drug-likeness (QED) is 0.221. The van der Waals surface area contributed by atoms with Gasteiger partial charge in [0.2, 0.25) is 0 Å². The Balaban J connectivity index is 1.83. The molecule has 1 aliphatic rings. The van der Waals surface area contributed by atoms with E-state index in [0.29, 0.717) is 23.4 Å². The Labute approximate surface area is 209 Å². The summed E-state index contributed by atoms with van der Waals surface area (Å²) in [6, 6.07) is 3.95. The highest BCUT2D eigenvalue weighted by atomic mass is 32.2. The number of hydrogen-bond acceptors (Lipinski definition) is 7. The lowest BCUT2D eigenvalue weighted by Crippen LogP contribution is -2.40. The maximum Gasteiger partial charge on any atom is 0.309 e. The number of thioether (sulfide) groups is 1. The van der Waals surface area contributed by atoms with Crippen LogP contribution in [0.15, 0.2) is 17.1 Å². The molecule has 1 heterocycles. The summed E-state index contributed by atoms with van der Waals surface area (Å²) in [5, 5.41) is 9.22. The zero-order chi connectivity index (χ0) is 25.3. The number of piperidine rings is 1. The molecule has 7 nitrogen and oxygen atoms in total. The largest absolute Gasteiger partial charge is 0.492 e. The molecule has 0 spiro atoms. The highest BCUT2D eigenvalue weighted by Gasteiger charge is 2.29. The molecule has 1 aliphatic heterocycles. The number of aliphatic imine (C=N–C) groups is 1. The van der Waals surface area contributed by atoms with Crippen LogP contribution in [0.3, 0.4) is 0 Å². The van der Waals surface area contributed by atoms with E-state index in [9.17, 15) is 4.79 Å². The third-order valence-electron chi connectivity index (χ3n) is 5.69. The molecule has 0 saturated carbocycles. The van der Waals surface area contributed by atoms with E-state index in [1.165, 1.54) is 11.8 Å². The number of carbonyl (C=O) groups excluding carboxylic acids is 1. The predicted octanol–water partition coefficient (Wildman–Crippen LogP) is 4.91. The molecule has 0 radical (unpaired) electrons. The molecular weight excluding hydrogens is 448 g/mol. The fourth-order valence-electron chi connectivity index (χ4n) is 3.91. The van der Waals surface area contributed by atoms with Gasteiger partial charge in [0, 0.05) is 18.7 Å². The minimum atomic E-state index is -0.431. The zero-order valence-electron chi connectivity index (χ0n) is 21.7. The fraction of sp³-hybridized carbons (Fsp3) is 0.654. The van der Waals surface area contributed by atoms with Crippen LogP contribution < -0.4 is 10.5 Å². The first kappa shape index (κ1) is 28.2. The van der Waals surface area contributed by atoms with E-state index in [4.69, 9.17) is 20.6 Å².